The van der Waals surface area contributed by atoms with E-state index in [9.17, 15) is 9.18 Å². The molecule has 2 aliphatic heterocycles. The lowest BCUT2D eigenvalue weighted by Crippen LogP contribution is -2.47. The van der Waals surface area contributed by atoms with Gasteiger partial charge in [0.05, 0.1) is 12.7 Å². The lowest BCUT2D eigenvalue weighted by atomic mass is 9.79. The fourth-order valence-corrected chi connectivity index (χ4v) is 4.07. The second-order valence-corrected chi connectivity index (χ2v) is 7.42. The Morgan fingerprint density at radius 1 is 1.18 bits per heavy atom. The lowest BCUT2D eigenvalue weighted by Gasteiger charge is -2.37. The van der Waals surface area contributed by atoms with E-state index in [2.05, 4.69) is 23.5 Å². The average Bonchev–Trinajstić information content (AvgIpc) is 3.33. The third-order valence-corrected chi connectivity index (χ3v) is 5.36. The maximum absolute atomic E-state index is 13.6. The summed E-state index contributed by atoms with van der Waals surface area (Å²) in [5.41, 5.74) is 1.34. The summed E-state index contributed by atoms with van der Waals surface area (Å²) in [6.07, 6.45) is 6.59. The van der Waals surface area contributed by atoms with Crippen molar-refractivity contribution in [1.82, 2.24) is 5.32 Å². The fourth-order valence-electron chi connectivity index (χ4n) is 4.07. The summed E-state index contributed by atoms with van der Waals surface area (Å²) in [6.45, 7) is 0.833. The van der Waals surface area contributed by atoms with E-state index in [0.29, 0.717) is 19.4 Å². The minimum Gasteiger partial charge on any atom is -0.370 e. The van der Waals surface area contributed by atoms with Crippen molar-refractivity contribution >= 4 is 12.1 Å². The number of halogens is 1. The van der Waals surface area contributed by atoms with Crippen LogP contribution in [0.1, 0.15) is 17.5 Å². The Morgan fingerprint density at radius 3 is 2.68 bits per heavy atom. The number of allylic oxidation sites excluding steroid dienone is 1. The van der Waals surface area contributed by atoms with Crippen molar-refractivity contribution in [3.05, 3.63) is 83.7 Å². The van der Waals surface area contributed by atoms with Crippen LogP contribution in [0.25, 0.3) is 0 Å². The van der Waals surface area contributed by atoms with Crippen molar-refractivity contribution in [2.75, 3.05) is 6.54 Å². The molecule has 2 aromatic carbocycles. The molecule has 4 nitrogen and oxygen atoms in total. The molecule has 1 saturated heterocycles. The van der Waals surface area contributed by atoms with Gasteiger partial charge in [-0.1, -0.05) is 48.5 Å². The summed E-state index contributed by atoms with van der Waals surface area (Å²) in [6, 6.07) is 16.6. The van der Waals surface area contributed by atoms with Gasteiger partial charge in [-0.15, -0.1) is 0 Å². The molecule has 0 aromatic heterocycles. The molecule has 2 heterocycles. The van der Waals surface area contributed by atoms with E-state index >= 15 is 0 Å². The molecular weight excluding hydrogens is 355 g/mol. The van der Waals surface area contributed by atoms with E-state index in [0.717, 1.165) is 11.1 Å². The molecule has 2 aromatic rings. The van der Waals surface area contributed by atoms with Crippen molar-refractivity contribution in [3.8, 4) is 0 Å². The molecular formula is C23H23FN2O2. The largest absolute Gasteiger partial charge is 0.370 e. The molecule has 0 spiro atoms. The predicted octanol–water partition coefficient (Wildman–Crippen LogP) is 3.47. The van der Waals surface area contributed by atoms with Crippen LogP contribution < -0.4 is 5.32 Å². The maximum atomic E-state index is 13.6. The van der Waals surface area contributed by atoms with Gasteiger partial charge in [0.25, 0.3) is 0 Å². The normalized spacial score (nSPS) is 24.5. The first-order valence-electron chi connectivity index (χ1n) is 9.54. The highest BCUT2D eigenvalue weighted by Crippen LogP contribution is 2.36. The molecule has 144 valence electrons. The molecule has 0 bridgehead atoms. The molecule has 1 fully saturated rings. The van der Waals surface area contributed by atoms with E-state index in [1.165, 1.54) is 12.1 Å². The number of amides is 1. The molecule has 28 heavy (non-hydrogen) atoms. The van der Waals surface area contributed by atoms with Gasteiger partial charge in [-0.05, 0) is 29.3 Å². The first-order chi connectivity index (χ1) is 13.6. The van der Waals surface area contributed by atoms with Crippen LogP contribution in [0.2, 0.25) is 0 Å². The first kappa shape index (κ1) is 18.6. The second-order valence-electron chi connectivity index (χ2n) is 7.42. The minimum atomic E-state index is -0.578. The predicted molar refractivity (Wildman–Crippen MR) is 107 cm³/mol. The highest BCUT2D eigenvalue weighted by Gasteiger charge is 2.45. The van der Waals surface area contributed by atoms with Crippen LogP contribution in [0.15, 0.2) is 71.7 Å². The number of nitrogens with one attached hydrogen (secondary N) is 1. The molecule has 0 radical (unpaired) electrons. The fraction of sp³-hybridized carbons (Fsp3) is 0.304. The number of carbonyl (C=O) groups is 1. The highest BCUT2D eigenvalue weighted by molar-refractivity contribution is 5.79. The molecule has 3 unspecified atom stereocenters. The minimum absolute atomic E-state index is 0.00433. The second kappa shape index (κ2) is 8.07. The Kier molecular flexibility index (Phi) is 5.35. The molecule has 0 saturated carbocycles. The van der Waals surface area contributed by atoms with Gasteiger partial charge in [-0.25, -0.2) is 4.39 Å². The van der Waals surface area contributed by atoms with Gasteiger partial charge in [0.2, 0.25) is 5.91 Å². The summed E-state index contributed by atoms with van der Waals surface area (Å²) in [7, 11) is 0. The lowest BCUT2D eigenvalue weighted by molar-refractivity contribution is -0.120. The number of nitrogens with zero attached hydrogens (tertiary/aromatic N) is 1. The quantitative estimate of drug-likeness (QED) is 0.802. The van der Waals surface area contributed by atoms with Gasteiger partial charge in [0.15, 0.2) is 0 Å². The number of hydrogen-bond donors (Lipinski definition) is 1. The van der Waals surface area contributed by atoms with E-state index in [1.807, 2.05) is 30.3 Å². The van der Waals surface area contributed by atoms with E-state index < -0.39 is 5.54 Å². The van der Waals surface area contributed by atoms with E-state index in [4.69, 9.17) is 9.73 Å². The molecule has 2 aliphatic rings. The van der Waals surface area contributed by atoms with Crippen molar-refractivity contribution < 1.29 is 13.9 Å². The van der Waals surface area contributed by atoms with Crippen molar-refractivity contribution in [2.45, 2.75) is 31.1 Å². The molecule has 5 heteroatoms. The van der Waals surface area contributed by atoms with Crippen molar-refractivity contribution in [2.24, 2.45) is 10.9 Å². The van der Waals surface area contributed by atoms with Gasteiger partial charge in [0.1, 0.15) is 11.4 Å². The maximum Gasteiger partial charge on any atom is 0.220 e. The summed E-state index contributed by atoms with van der Waals surface area (Å²) < 4.78 is 19.9. The number of ether oxygens (including phenoxy) is 1. The Bertz CT molecular complexity index is 882. The Balaban J connectivity index is 1.61. The van der Waals surface area contributed by atoms with Crippen LogP contribution >= 0.6 is 0 Å². The van der Waals surface area contributed by atoms with Crippen LogP contribution in [0.5, 0.6) is 0 Å². The Morgan fingerprint density at radius 2 is 2.00 bits per heavy atom. The van der Waals surface area contributed by atoms with E-state index in [1.54, 1.807) is 12.3 Å². The van der Waals surface area contributed by atoms with Gasteiger partial charge >= 0.3 is 0 Å². The van der Waals surface area contributed by atoms with Crippen molar-refractivity contribution in [1.29, 1.82) is 0 Å². The van der Waals surface area contributed by atoms with Crippen molar-refractivity contribution in [3.63, 3.8) is 0 Å². The number of benzene rings is 2. The van der Waals surface area contributed by atoms with Crippen LogP contribution in [-0.4, -0.2) is 30.3 Å². The summed E-state index contributed by atoms with van der Waals surface area (Å²) >= 11 is 0. The third-order valence-electron chi connectivity index (χ3n) is 5.36. The molecule has 3 atom stereocenters. The number of rotatable bonds is 7. The average molecular weight is 378 g/mol. The van der Waals surface area contributed by atoms with Gasteiger partial charge in [-0.3, -0.25) is 9.79 Å². The smallest absolute Gasteiger partial charge is 0.220 e. The topological polar surface area (TPSA) is 50.7 Å². The zero-order valence-corrected chi connectivity index (χ0v) is 15.6. The highest BCUT2D eigenvalue weighted by atomic mass is 19.1. The Hall–Kier alpha value is -2.79. The molecule has 0 aliphatic carbocycles. The van der Waals surface area contributed by atoms with Gasteiger partial charge < -0.3 is 10.1 Å². The summed E-state index contributed by atoms with van der Waals surface area (Å²) in [5, 5.41) is 2.91. The number of aliphatic imine (C=N–C) groups is 1. The van der Waals surface area contributed by atoms with Crippen LogP contribution in [0.4, 0.5) is 4.39 Å². The van der Waals surface area contributed by atoms with Crippen LogP contribution in [0, 0.1) is 11.7 Å². The Labute approximate surface area is 164 Å². The summed E-state index contributed by atoms with van der Waals surface area (Å²) in [4.78, 5) is 16.7. The molecule has 1 N–H and O–H groups in total. The number of hydrogen-bond acceptors (Lipinski definition) is 3. The van der Waals surface area contributed by atoms with Gasteiger partial charge in [0, 0.05) is 31.5 Å². The van der Waals surface area contributed by atoms with Crippen LogP contribution in [0.3, 0.4) is 0 Å². The first-order valence-corrected chi connectivity index (χ1v) is 9.54. The van der Waals surface area contributed by atoms with Gasteiger partial charge in [-0.2, -0.15) is 0 Å². The zero-order chi connectivity index (χ0) is 19.4. The monoisotopic (exact) mass is 378 g/mol. The zero-order valence-electron chi connectivity index (χ0n) is 15.6. The summed E-state index contributed by atoms with van der Waals surface area (Å²) in [5.74, 6) is -0.247. The standard InChI is InChI=1S/C23H23FN2O2/c24-20-9-4-8-18(12-20)16-28-22(19-13-21(27)25-15-19)23(10-5-11-26-23)14-17-6-2-1-3-7-17/h1-12,19,22H,13-16H2,(H,25,27). The molecule has 4 rings (SSSR count). The van der Waals surface area contributed by atoms with E-state index in [-0.39, 0.29) is 30.4 Å². The SMILES string of the molecule is O=C1CC(C(OCc2cccc(F)c2)C2(Cc3ccccc3)C=CC=N2)CN1. The van der Waals surface area contributed by atoms with Crippen LogP contribution in [-0.2, 0) is 22.6 Å². The number of carbonyl (C=O) groups excluding carboxylic acids is 1. The third kappa shape index (κ3) is 4.04. The molecule has 1 amide bonds.